The summed E-state index contributed by atoms with van der Waals surface area (Å²) in [5.41, 5.74) is 1.11. The van der Waals surface area contributed by atoms with E-state index in [-0.39, 0.29) is 24.0 Å². The molecular formula is C20H31ClIN3O3. The highest BCUT2D eigenvalue weighted by Crippen LogP contribution is 2.38. The van der Waals surface area contributed by atoms with Crippen LogP contribution in [0.15, 0.2) is 17.1 Å². The number of fused-ring (bicyclic) bond motifs is 1. The Bertz CT molecular complexity index is 652. The first-order chi connectivity index (χ1) is 13.2. The molecule has 3 rings (SSSR count). The number of nitrogens with zero attached hydrogens (tertiary/aromatic N) is 2. The van der Waals surface area contributed by atoms with Crippen molar-refractivity contribution in [3.63, 3.8) is 0 Å². The van der Waals surface area contributed by atoms with Gasteiger partial charge in [-0.15, -0.1) is 24.0 Å². The number of guanidine groups is 1. The Kier molecular flexibility index (Phi) is 9.94. The van der Waals surface area contributed by atoms with Gasteiger partial charge in [-0.05, 0) is 50.8 Å². The van der Waals surface area contributed by atoms with Gasteiger partial charge >= 0.3 is 0 Å². The summed E-state index contributed by atoms with van der Waals surface area (Å²) >= 11 is 6.33. The highest BCUT2D eigenvalue weighted by Gasteiger charge is 2.21. The third-order valence-electron chi connectivity index (χ3n) is 4.80. The molecule has 0 bridgehead atoms. The molecule has 8 heteroatoms. The number of likely N-dealkylation sites (tertiary alicyclic amines) is 1. The number of aliphatic imine (C=N–C) groups is 1. The van der Waals surface area contributed by atoms with E-state index in [0.29, 0.717) is 36.6 Å². The largest absolute Gasteiger partial charge is 0.486 e. The van der Waals surface area contributed by atoms with Gasteiger partial charge < -0.3 is 24.4 Å². The highest BCUT2D eigenvalue weighted by molar-refractivity contribution is 14.0. The Balaban J connectivity index is 0.00000280. The van der Waals surface area contributed by atoms with Crippen LogP contribution in [0.5, 0.6) is 11.5 Å². The fourth-order valence-corrected chi connectivity index (χ4v) is 3.78. The molecule has 2 aliphatic heterocycles. The summed E-state index contributed by atoms with van der Waals surface area (Å²) < 4.78 is 17.0. The van der Waals surface area contributed by atoms with E-state index in [2.05, 4.69) is 24.1 Å². The molecule has 0 aliphatic carbocycles. The van der Waals surface area contributed by atoms with Gasteiger partial charge in [0, 0.05) is 32.8 Å². The smallest absolute Gasteiger partial charge is 0.193 e. The zero-order valence-corrected chi connectivity index (χ0v) is 19.8. The second-order valence-corrected chi connectivity index (χ2v) is 7.14. The Hall–Kier alpha value is -0.930. The standard InChI is InChI=1S/C20H30ClN3O3.HI/c1-3-22-20(24-9-6-16(7-10-24)25-4-2)23-8-5-15-13-17(21)19-18(14-15)26-11-12-27-19;/h13-14,16H,3-12H2,1-2H3,(H,22,23);1H. The molecule has 0 amide bonds. The average Bonchev–Trinajstić information content (AvgIpc) is 2.68. The fraction of sp³-hybridized carbons (Fsp3) is 0.650. The van der Waals surface area contributed by atoms with Gasteiger partial charge in [-0.2, -0.15) is 0 Å². The second-order valence-electron chi connectivity index (χ2n) is 6.73. The van der Waals surface area contributed by atoms with Crippen molar-refractivity contribution < 1.29 is 14.2 Å². The molecule has 28 heavy (non-hydrogen) atoms. The third kappa shape index (κ3) is 6.29. The van der Waals surface area contributed by atoms with Crippen molar-refractivity contribution in [2.24, 2.45) is 4.99 Å². The van der Waals surface area contributed by atoms with E-state index in [4.69, 9.17) is 30.8 Å². The zero-order chi connectivity index (χ0) is 19.1. The molecule has 0 spiro atoms. The minimum atomic E-state index is 0. The van der Waals surface area contributed by atoms with E-state index < -0.39 is 0 Å². The van der Waals surface area contributed by atoms with Crippen LogP contribution in [-0.4, -0.2) is 63.0 Å². The van der Waals surface area contributed by atoms with Gasteiger partial charge in [0.1, 0.15) is 13.2 Å². The van der Waals surface area contributed by atoms with Gasteiger partial charge in [-0.1, -0.05) is 11.6 Å². The lowest BCUT2D eigenvalue weighted by molar-refractivity contribution is 0.0264. The molecule has 158 valence electrons. The number of nitrogens with one attached hydrogen (secondary N) is 1. The number of hydrogen-bond acceptors (Lipinski definition) is 4. The first kappa shape index (κ1) is 23.3. The summed E-state index contributed by atoms with van der Waals surface area (Å²) in [5.74, 6) is 2.37. The second kappa shape index (κ2) is 11.9. The molecule has 2 aliphatic rings. The summed E-state index contributed by atoms with van der Waals surface area (Å²) in [7, 11) is 0. The minimum absolute atomic E-state index is 0. The lowest BCUT2D eigenvalue weighted by Crippen LogP contribution is -2.47. The summed E-state index contributed by atoms with van der Waals surface area (Å²) in [6.07, 6.45) is 3.29. The minimum Gasteiger partial charge on any atom is -0.486 e. The summed E-state index contributed by atoms with van der Waals surface area (Å²) in [4.78, 5) is 7.15. The van der Waals surface area contributed by atoms with E-state index in [9.17, 15) is 0 Å². The van der Waals surface area contributed by atoms with E-state index in [1.54, 1.807) is 0 Å². The lowest BCUT2D eigenvalue weighted by atomic mass is 10.1. The number of ether oxygens (including phenoxy) is 3. The summed E-state index contributed by atoms with van der Waals surface area (Å²) in [6.45, 7) is 9.57. The van der Waals surface area contributed by atoms with Crippen LogP contribution < -0.4 is 14.8 Å². The van der Waals surface area contributed by atoms with E-state index in [0.717, 1.165) is 62.8 Å². The average molecular weight is 524 g/mol. The highest BCUT2D eigenvalue weighted by atomic mass is 127. The normalized spacial score (nSPS) is 17.2. The predicted octanol–water partition coefficient (Wildman–Crippen LogP) is 3.74. The molecule has 1 aromatic carbocycles. The van der Waals surface area contributed by atoms with E-state index in [1.807, 2.05) is 12.1 Å². The maximum atomic E-state index is 6.33. The Morgan fingerprint density at radius 1 is 1.25 bits per heavy atom. The molecule has 0 saturated carbocycles. The molecule has 0 radical (unpaired) electrons. The van der Waals surface area contributed by atoms with Gasteiger partial charge in [-0.25, -0.2) is 0 Å². The third-order valence-corrected chi connectivity index (χ3v) is 5.08. The van der Waals surface area contributed by atoms with Gasteiger partial charge in [0.15, 0.2) is 17.5 Å². The monoisotopic (exact) mass is 523 g/mol. The van der Waals surface area contributed by atoms with Crippen LogP contribution in [0.3, 0.4) is 0 Å². The summed E-state index contributed by atoms with van der Waals surface area (Å²) in [6, 6.07) is 3.96. The van der Waals surface area contributed by atoms with Gasteiger partial charge in [0.25, 0.3) is 0 Å². The molecule has 6 nitrogen and oxygen atoms in total. The quantitative estimate of drug-likeness (QED) is 0.350. The van der Waals surface area contributed by atoms with Crippen LogP contribution in [0.2, 0.25) is 5.02 Å². The van der Waals surface area contributed by atoms with E-state index in [1.165, 1.54) is 0 Å². The summed E-state index contributed by atoms with van der Waals surface area (Å²) in [5, 5.41) is 4.02. The first-order valence-corrected chi connectivity index (χ1v) is 10.3. The van der Waals surface area contributed by atoms with E-state index >= 15 is 0 Å². The van der Waals surface area contributed by atoms with Crippen LogP contribution in [0.1, 0.15) is 32.3 Å². The van der Waals surface area contributed by atoms with Crippen molar-refractivity contribution in [3.8, 4) is 11.5 Å². The van der Waals surface area contributed by atoms with Crippen LogP contribution in [0, 0.1) is 0 Å². The van der Waals surface area contributed by atoms with Gasteiger partial charge in [0.2, 0.25) is 0 Å². The maximum absolute atomic E-state index is 6.33. The van der Waals surface area contributed by atoms with Crippen LogP contribution in [-0.2, 0) is 11.2 Å². The van der Waals surface area contributed by atoms with Gasteiger partial charge in [0.05, 0.1) is 11.1 Å². The van der Waals surface area contributed by atoms with Crippen molar-refractivity contribution in [3.05, 3.63) is 22.7 Å². The first-order valence-electron chi connectivity index (χ1n) is 9.94. The lowest BCUT2D eigenvalue weighted by Gasteiger charge is -2.34. The number of piperidine rings is 1. The number of benzene rings is 1. The molecule has 1 fully saturated rings. The van der Waals surface area contributed by atoms with Gasteiger partial charge in [-0.3, -0.25) is 4.99 Å². The number of rotatable bonds is 6. The SMILES string of the molecule is CCNC(=NCCc1cc(Cl)c2c(c1)OCCO2)N1CCC(OCC)CC1.I. The molecule has 0 atom stereocenters. The Morgan fingerprint density at radius 3 is 2.71 bits per heavy atom. The number of hydrogen-bond donors (Lipinski definition) is 1. The molecule has 0 unspecified atom stereocenters. The van der Waals surface area contributed by atoms with Crippen LogP contribution >= 0.6 is 35.6 Å². The Labute approximate surface area is 190 Å². The van der Waals surface area contributed by atoms with Crippen molar-refractivity contribution in [2.45, 2.75) is 39.2 Å². The molecule has 1 aromatic rings. The zero-order valence-electron chi connectivity index (χ0n) is 16.7. The van der Waals surface area contributed by atoms with Crippen LogP contribution in [0.25, 0.3) is 0 Å². The molecule has 0 aromatic heterocycles. The molecule has 1 saturated heterocycles. The topological polar surface area (TPSA) is 55.3 Å². The van der Waals surface area contributed by atoms with Crippen LogP contribution in [0.4, 0.5) is 0 Å². The van der Waals surface area contributed by atoms with Crippen molar-refractivity contribution in [2.75, 3.05) is 46.0 Å². The Morgan fingerprint density at radius 2 is 2.00 bits per heavy atom. The van der Waals surface area contributed by atoms with Crippen molar-refractivity contribution >= 4 is 41.5 Å². The molecule has 1 N–H and O–H groups in total. The predicted molar refractivity (Wildman–Crippen MR) is 124 cm³/mol. The molecular weight excluding hydrogens is 493 g/mol. The van der Waals surface area contributed by atoms with Crippen molar-refractivity contribution in [1.82, 2.24) is 10.2 Å². The number of halogens is 2. The maximum Gasteiger partial charge on any atom is 0.193 e. The molecule has 2 heterocycles. The fourth-order valence-electron chi connectivity index (χ4n) is 3.50. The van der Waals surface area contributed by atoms with Crippen molar-refractivity contribution in [1.29, 1.82) is 0 Å².